The number of halogens is 1. The summed E-state index contributed by atoms with van der Waals surface area (Å²) in [6.07, 6.45) is 0.644. The van der Waals surface area contributed by atoms with E-state index in [0.29, 0.717) is 18.3 Å². The van der Waals surface area contributed by atoms with E-state index in [9.17, 15) is 9.90 Å². The number of amides is 1. The quantitative estimate of drug-likeness (QED) is 0.803. The maximum Gasteiger partial charge on any atom is 0.230 e. The number of phenols is 1. The average molecular weight is 258 g/mol. The Balaban J connectivity index is 2.39. The van der Waals surface area contributed by atoms with Crippen molar-refractivity contribution >= 4 is 21.8 Å². The molecule has 14 heavy (non-hydrogen) atoms. The van der Waals surface area contributed by atoms with Gasteiger partial charge in [0.2, 0.25) is 5.91 Å². The summed E-state index contributed by atoms with van der Waals surface area (Å²) in [7, 11) is 0. The van der Waals surface area contributed by atoms with E-state index in [2.05, 4.69) is 21.2 Å². The van der Waals surface area contributed by atoms with Gasteiger partial charge < -0.3 is 10.4 Å². The van der Waals surface area contributed by atoms with Crippen LogP contribution < -0.4 is 5.32 Å². The zero-order valence-electron chi connectivity index (χ0n) is 7.66. The average Bonchev–Trinajstić information content (AvgIpc) is 2.20. The molecule has 1 aromatic carbocycles. The molecule has 76 valence electrons. The molecule has 0 aliphatic rings. The second-order valence-electron chi connectivity index (χ2n) is 2.86. The molecule has 0 aliphatic heterocycles. The van der Waals surface area contributed by atoms with E-state index in [1.807, 2.05) is 12.1 Å². The topological polar surface area (TPSA) is 49.3 Å². The molecule has 1 amide bonds. The Morgan fingerprint density at radius 1 is 1.43 bits per heavy atom. The monoisotopic (exact) mass is 257 g/mol. The van der Waals surface area contributed by atoms with Crippen LogP contribution in [0.1, 0.15) is 5.56 Å². The van der Waals surface area contributed by atoms with Gasteiger partial charge in [0.1, 0.15) is 5.75 Å². The lowest BCUT2D eigenvalue weighted by Gasteiger charge is -2.04. The molecule has 0 unspecified atom stereocenters. The number of hydrogen-bond donors (Lipinski definition) is 2. The summed E-state index contributed by atoms with van der Waals surface area (Å²) in [4.78, 5) is 10.9. The molecule has 0 heterocycles. The number of alkyl halides is 1. The van der Waals surface area contributed by atoms with Crippen molar-refractivity contribution in [3.05, 3.63) is 29.8 Å². The Bertz CT molecular complexity index is 315. The summed E-state index contributed by atoms with van der Waals surface area (Å²) in [5.74, 6) is 0.237. The Hall–Kier alpha value is -1.03. The van der Waals surface area contributed by atoms with Gasteiger partial charge in [0.25, 0.3) is 0 Å². The van der Waals surface area contributed by atoms with Gasteiger partial charge in [0.15, 0.2) is 0 Å². The van der Waals surface area contributed by atoms with Crippen LogP contribution in [0.4, 0.5) is 0 Å². The van der Waals surface area contributed by atoms with E-state index in [1.165, 1.54) is 0 Å². The SMILES string of the molecule is O=C(CBr)NCCc1ccccc1O. The van der Waals surface area contributed by atoms with Gasteiger partial charge in [-0.1, -0.05) is 34.1 Å². The molecule has 2 N–H and O–H groups in total. The second kappa shape index (κ2) is 5.65. The van der Waals surface area contributed by atoms with Crippen LogP contribution in [0.15, 0.2) is 24.3 Å². The van der Waals surface area contributed by atoms with Crippen LogP contribution in [0.5, 0.6) is 5.75 Å². The molecule has 0 atom stereocenters. The Morgan fingerprint density at radius 2 is 2.14 bits per heavy atom. The Kier molecular flexibility index (Phi) is 4.46. The molecule has 1 rings (SSSR count). The number of benzene rings is 1. The molecular formula is C10H12BrNO2. The van der Waals surface area contributed by atoms with Gasteiger partial charge in [0.05, 0.1) is 5.33 Å². The number of para-hydroxylation sites is 1. The minimum Gasteiger partial charge on any atom is -0.508 e. The molecule has 0 aromatic heterocycles. The van der Waals surface area contributed by atoms with E-state index in [4.69, 9.17) is 0 Å². The number of nitrogens with one attached hydrogen (secondary N) is 1. The lowest BCUT2D eigenvalue weighted by Crippen LogP contribution is -2.26. The maximum atomic E-state index is 10.9. The molecule has 0 aliphatic carbocycles. The highest BCUT2D eigenvalue weighted by Crippen LogP contribution is 2.15. The summed E-state index contributed by atoms with van der Waals surface area (Å²) in [6, 6.07) is 7.12. The number of phenolic OH excluding ortho intramolecular Hbond substituents is 1. The number of carbonyl (C=O) groups excluding carboxylic acids is 1. The third-order valence-corrected chi connectivity index (χ3v) is 2.34. The smallest absolute Gasteiger partial charge is 0.230 e. The summed E-state index contributed by atoms with van der Waals surface area (Å²) in [5.41, 5.74) is 0.849. The van der Waals surface area contributed by atoms with Crippen molar-refractivity contribution in [1.82, 2.24) is 5.32 Å². The third-order valence-electron chi connectivity index (χ3n) is 1.83. The molecule has 0 radical (unpaired) electrons. The van der Waals surface area contributed by atoms with E-state index in [0.717, 1.165) is 5.56 Å². The van der Waals surface area contributed by atoms with Gasteiger partial charge in [0, 0.05) is 6.54 Å². The van der Waals surface area contributed by atoms with E-state index >= 15 is 0 Å². The van der Waals surface area contributed by atoms with Crippen molar-refractivity contribution < 1.29 is 9.90 Å². The normalized spacial score (nSPS) is 9.79. The second-order valence-corrected chi connectivity index (χ2v) is 3.42. The van der Waals surface area contributed by atoms with Crippen molar-refractivity contribution in [1.29, 1.82) is 0 Å². The summed E-state index contributed by atoms with van der Waals surface area (Å²) in [6.45, 7) is 0.544. The van der Waals surface area contributed by atoms with Crippen molar-refractivity contribution in [3.63, 3.8) is 0 Å². The van der Waals surface area contributed by atoms with Crippen molar-refractivity contribution in [3.8, 4) is 5.75 Å². The Labute approximate surface area is 91.3 Å². The van der Waals surface area contributed by atoms with Gasteiger partial charge >= 0.3 is 0 Å². The van der Waals surface area contributed by atoms with Gasteiger partial charge in [-0.15, -0.1) is 0 Å². The summed E-state index contributed by atoms with van der Waals surface area (Å²) >= 11 is 3.05. The first-order valence-electron chi connectivity index (χ1n) is 4.33. The van der Waals surface area contributed by atoms with Crippen molar-refractivity contribution in [2.75, 3.05) is 11.9 Å². The molecule has 0 spiro atoms. The largest absolute Gasteiger partial charge is 0.508 e. The number of aromatic hydroxyl groups is 1. The molecular weight excluding hydrogens is 246 g/mol. The predicted octanol–water partition coefficient (Wildman–Crippen LogP) is 1.45. The summed E-state index contributed by atoms with van der Waals surface area (Å²) < 4.78 is 0. The lowest BCUT2D eigenvalue weighted by molar-refractivity contribution is -0.118. The van der Waals surface area contributed by atoms with Crippen LogP contribution >= 0.6 is 15.9 Å². The van der Waals surface area contributed by atoms with Crippen LogP contribution in [0.2, 0.25) is 0 Å². The van der Waals surface area contributed by atoms with Crippen LogP contribution in [-0.4, -0.2) is 22.9 Å². The van der Waals surface area contributed by atoms with Gasteiger partial charge in [-0.25, -0.2) is 0 Å². The lowest BCUT2D eigenvalue weighted by atomic mass is 10.1. The predicted molar refractivity (Wildman–Crippen MR) is 58.6 cm³/mol. The van der Waals surface area contributed by atoms with Crippen LogP contribution in [0, 0.1) is 0 Å². The minimum atomic E-state index is -0.0413. The van der Waals surface area contributed by atoms with Gasteiger partial charge in [-0.3, -0.25) is 4.79 Å². The zero-order valence-corrected chi connectivity index (χ0v) is 9.25. The molecule has 3 nitrogen and oxygen atoms in total. The third kappa shape index (κ3) is 3.38. The molecule has 1 aromatic rings. The maximum absolute atomic E-state index is 10.9. The van der Waals surface area contributed by atoms with Crippen molar-refractivity contribution in [2.24, 2.45) is 0 Å². The summed E-state index contributed by atoms with van der Waals surface area (Å²) in [5, 5.41) is 12.4. The van der Waals surface area contributed by atoms with Gasteiger partial charge in [-0.2, -0.15) is 0 Å². The number of hydrogen-bond acceptors (Lipinski definition) is 2. The highest BCUT2D eigenvalue weighted by molar-refractivity contribution is 9.09. The zero-order chi connectivity index (χ0) is 10.4. The minimum absolute atomic E-state index is 0.0413. The first-order chi connectivity index (χ1) is 6.74. The molecule has 0 saturated carbocycles. The van der Waals surface area contributed by atoms with Crippen LogP contribution in [-0.2, 0) is 11.2 Å². The van der Waals surface area contributed by atoms with Crippen LogP contribution in [0.3, 0.4) is 0 Å². The fourth-order valence-corrected chi connectivity index (χ4v) is 1.30. The van der Waals surface area contributed by atoms with E-state index < -0.39 is 0 Å². The Morgan fingerprint density at radius 3 is 2.79 bits per heavy atom. The molecule has 0 bridgehead atoms. The molecule has 4 heteroatoms. The van der Waals surface area contributed by atoms with Crippen LogP contribution in [0.25, 0.3) is 0 Å². The fourth-order valence-electron chi connectivity index (χ4n) is 1.11. The van der Waals surface area contributed by atoms with E-state index in [-0.39, 0.29) is 11.7 Å². The highest BCUT2D eigenvalue weighted by atomic mass is 79.9. The van der Waals surface area contributed by atoms with E-state index in [1.54, 1.807) is 12.1 Å². The van der Waals surface area contributed by atoms with Crippen molar-refractivity contribution in [2.45, 2.75) is 6.42 Å². The number of carbonyl (C=O) groups is 1. The first kappa shape index (κ1) is 11.0. The first-order valence-corrected chi connectivity index (χ1v) is 5.45. The van der Waals surface area contributed by atoms with Gasteiger partial charge in [-0.05, 0) is 18.1 Å². The number of rotatable bonds is 4. The standard InChI is InChI=1S/C10H12BrNO2/c11-7-10(14)12-6-5-8-3-1-2-4-9(8)13/h1-4,13H,5-7H2,(H,12,14). The fraction of sp³-hybridized carbons (Fsp3) is 0.300. The highest BCUT2D eigenvalue weighted by Gasteiger charge is 2.00. The molecule has 0 saturated heterocycles. The molecule has 0 fully saturated rings.